The van der Waals surface area contributed by atoms with E-state index >= 15 is 0 Å². The molecule has 0 atom stereocenters. The monoisotopic (exact) mass is 373 g/mol. The predicted molar refractivity (Wildman–Crippen MR) is 106 cm³/mol. The van der Waals surface area contributed by atoms with Crippen molar-refractivity contribution < 1.29 is 9.59 Å². The van der Waals surface area contributed by atoms with E-state index in [2.05, 4.69) is 5.32 Å². The molecule has 0 saturated heterocycles. The zero-order valence-electron chi connectivity index (χ0n) is 15.3. The lowest BCUT2D eigenvalue weighted by Gasteiger charge is -2.20. The van der Waals surface area contributed by atoms with Crippen molar-refractivity contribution in [2.24, 2.45) is 0 Å². The SMILES string of the molecule is CCN(CC)C(=O)c1ccc(NC(=O)N(C)Cc2cccc(Cl)c2)cc1. The number of nitrogens with zero attached hydrogens (tertiary/aromatic N) is 2. The van der Waals surface area contributed by atoms with Gasteiger partial charge in [0.05, 0.1) is 0 Å². The molecule has 3 amide bonds. The average Bonchev–Trinajstić information content (AvgIpc) is 2.63. The van der Waals surface area contributed by atoms with Crippen molar-refractivity contribution in [3.05, 3.63) is 64.7 Å². The molecule has 1 N–H and O–H groups in total. The van der Waals surface area contributed by atoms with Crippen molar-refractivity contribution in [3.8, 4) is 0 Å². The Labute approximate surface area is 159 Å². The standard InChI is InChI=1S/C20H24ClN3O2/c1-4-24(5-2)19(25)16-9-11-18(12-10-16)22-20(26)23(3)14-15-7-6-8-17(21)13-15/h6-13H,4-5,14H2,1-3H3,(H,22,26). The van der Waals surface area contributed by atoms with E-state index in [0.29, 0.717) is 35.9 Å². The van der Waals surface area contributed by atoms with E-state index in [9.17, 15) is 9.59 Å². The highest BCUT2D eigenvalue weighted by Gasteiger charge is 2.13. The van der Waals surface area contributed by atoms with Crippen LogP contribution in [0.5, 0.6) is 0 Å². The molecule has 5 nitrogen and oxygen atoms in total. The first kappa shape index (κ1) is 19.8. The molecule has 26 heavy (non-hydrogen) atoms. The van der Waals surface area contributed by atoms with Crippen molar-refractivity contribution >= 4 is 29.2 Å². The maximum atomic E-state index is 12.3. The number of carbonyl (C=O) groups is 2. The molecule has 6 heteroatoms. The summed E-state index contributed by atoms with van der Waals surface area (Å²) in [7, 11) is 1.72. The highest BCUT2D eigenvalue weighted by Crippen LogP contribution is 2.15. The number of hydrogen-bond acceptors (Lipinski definition) is 2. The fourth-order valence-corrected chi connectivity index (χ4v) is 2.80. The van der Waals surface area contributed by atoms with E-state index in [1.165, 1.54) is 0 Å². The predicted octanol–water partition coefficient (Wildman–Crippen LogP) is 4.49. The number of halogens is 1. The van der Waals surface area contributed by atoms with Crippen LogP contribution < -0.4 is 5.32 Å². The van der Waals surface area contributed by atoms with Gasteiger partial charge in [0.25, 0.3) is 5.91 Å². The zero-order chi connectivity index (χ0) is 19.1. The maximum Gasteiger partial charge on any atom is 0.321 e. The van der Waals surface area contributed by atoms with Crippen LogP contribution in [0.2, 0.25) is 5.02 Å². The van der Waals surface area contributed by atoms with Gasteiger partial charge in [-0.25, -0.2) is 4.79 Å². The molecule has 0 heterocycles. The van der Waals surface area contributed by atoms with Gasteiger partial charge in [-0.15, -0.1) is 0 Å². The lowest BCUT2D eigenvalue weighted by atomic mass is 10.2. The fraction of sp³-hybridized carbons (Fsp3) is 0.300. The Morgan fingerprint density at radius 3 is 2.27 bits per heavy atom. The van der Waals surface area contributed by atoms with Crippen LogP contribution in [-0.2, 0) is 6.54 Å². The summed E-state index contributed by atoms with van der Waals surface area (Å²) in [4.78, 5) is 28.0. The molecule has 0 saturated carbocycles. The fourth-order valence-electron chi connectivity index (χ4n) is 2.59. The first-order valence-corrected chi connectivity index (χ1v) is 8.98. The van der Waals surface area contributed by atoms with Crippen LogP contribution in [0.1, 0.15) is 29.8 Å². The van der Waals surface area contributed by atoms with E-state index in [1.807, 2.05) is 32.0 Å². The number of hydrogen-bond donors (Lipinski definition) is 1. The second kappa shape index (κ2) is 9.25. The summed E-state index contributed by atoms with van der Waals surface area (Å²) in [6, 6.07) is 14.1. The molecule has 0 aliphatic rings. The quantitative estimate of drug-likeness (QED) is 0.811. The maximum absolute atomic E-state index is 12.3. The highest BCUT2D eigenvalue weighted by molar-refractivity contribution is 6.30. The lowest BCUT2D eigenvalue weighted by Crippen LogP contribution is -2.31. The van der Waals surface area contributed by atoms with E-state index in [-0.39, 0.29) is 11.9 Å². The molecule has 2 rings (SSSR count). The van der Waals surface area contributed by atoms with Crippen molar-refractivity contribution in [2.75, 3.05) is 25.5 Å². The molecule has 0 aromatic heterocycles. The van der Waals surface area contributed by atoms with Crippen LogP contribution >= 0.6 is 11.6 Å². The molecule has 0 unspecified atom stereocenters. The van der Waals surface area contributed by atoms with Gasteiger partial charge in [0, 0.05) is 43.0 Å². The summed E-state index contributed by atoms with van der Waals surface area (Å²) in [6.07, 6.45) is 0. The number of rotatable bonds is 6. The van der Waals surface area contributed by atoms with Gasteiger partial charge in [0.15, 0.2) is 0 Å². The average molecular weight is 374 g/mol. The Balaban J connectivity index is 1.97. The van der Waals surface area contributed by atoms with Crippen LogP contribution in [-0.4, -0.2) is 41.9 Å². The Bertz CT molecular complexity index is 758. The summed E-state index contributed by atoms with van der Waals surface area (Å²) >= 11 is 5.97. The molecule has 0 spiro atoms. The topological polar surface area (TPSA) is 52.7 Å². The second-order valence-corrected chi connectivity index (χ2v) is 6.41. The normalized spacial score (nSPS) is 10.3. The first-order chi connectivity index (χ1) is 12.4. The lowest BCUT2D eigenvalue weighted by molar-refractivity contribution is 0.0773. The number of amides is 3. The number of benzene rings is 2. The second-order valence-electron chi connectivity index (χ2n) is 5.97. The van der Waals surface area contributed by atoms with E-state index in [1.54, 1.807) is 47.2 Å². The Morgan fingerprint density at radius 1 is 1.04 bits per heavy atom. The van der Waals surface area contributed by atoms with Crippen molar-refractivity contribution in [1.82, 2.24) is 9.80 Å². The number of nitrogens with one attached hydrogen (secondary N) is 1. The number of anilines is 1. The molecule has 0 fully saturated rings. The van der Waals surface area contributed by atoms with Crippen LogP contribution in [0.25, 0.3) is 0 Å². The molecule has 2 aromatic carbocycles. The third kappa shape index (κ3) is 5.23. The molecule has 0 aliphatic carbocycles. The number of urea groups is 1. The smallest absolute Gasteiger partial charge is 0.321 e. The minimum absolute atomic E-state index is 0.00838. The summed E-state index contributed by atoms with van der Waals surface area (Å²) < 4.78 is 0. The summed E-state index contributed by atoms with van der Waals surface area (Å²) in [5, 5.41) is 3.47. The van der Waals surface area contributed by atoms with Crippen LogP contribution in [0.15, 0.2) is 48.5 Å². The molecular formula is C20H24ClN3O2. The Hall–Kier alpha value is -2.53. The first-order valence-electron chi connectivity index (χ1n) is 8.60. The van der Waals surface area contributed by atoms with Gasteiger partial charge in [-0.2, -0.15) is 0 Å². The summed E-state index contributed by atoms with van der Waals surface area (Å²) in [6.45, 7) is 5.69. The van der Waals surface area contributed by atoms with Gasteiger partial charge < -0.3 is 15.1 Å². The van der Waals surface area contributed by atoms with Gasteiger partial charge in [-0.05, 0) is 55.8 Å². The van der Waals surface area contributed by atoms with Crippen LogP contribution in [0.4, 0.5) is 10.5 Å². The molecule has 2 aromatic rings. The minimum atomic E-state index is -0.229. The molecule has 0 bridgehead atoms. The van der Waals surface area contributed by atoms with Gasteiger partial charge in [0.1, 0.15) is 0 Å². The minimum Gasteiger partial charge on any atom is -0.339 e. The molecule has 0 radical (unpaired) electrons. The highest BCUT2D eigenvalue weighted by atomic mass is 35.5. The van der Waals surface area contributed by atoms with Crippen molar-refractivity contribution in [1.29, 1.82) is 0 Å². The number of carbonyl (C=O) groups excluding carboxylic acids is 2. The Kier molecular flexibility index (Phi) is 7.04. The largest absolute Gasteiger partial charge is 0.339 e. The van der Waals surface area contributed by atoms with Crippen molar-refractivity contribution in [3.63, 3.8) is 0 Å². The summed E-state index contributed by atoms with van der Waals surface area (Å²) in [5.41, 5.74) is 2.21. The van der Waals surface area contributed by atoms with Gasteiger partial charge in [-0.1, -0.05) is 23.7 Å². The molecule has 0 aliphatic heterocycles. The van der Waals surface area contributed by atoms with Gasteiger partial charge in [0.2, 0.25) is 0 Å². The van der Waals surface area contributed by atoms with Gasteiger partial charge >= 0.3 is 6.03 Å². The van der Waals surface area contributed by atoms with Crippen LogP contribution in [0, 0.1) is 0 Å². The zero-order valence-corrected chi connectivity index (χ0v) is 16.1. The van der Waals surface area contributed by atoms with Crippen molar-refractivity contribution in [2.45, 2.75) is 20.4 Å². The molecule has 138 valence electrons. The van der Waals surface area contributed by atoms with E-state index in [0.717, 1.165) is 5.56 Å². The molecular weight excluding hydrogens is 350 g/mol. The third-order valence-electron chi connectivity index (χ3n) is 4.09. The van der Waals surface area contributed by atoms with E-state index in [4.69, 9.17) is 11.6 Å². The Morgan fingerprint density at radius 2 is 1.69 bits per heavy atom. The van der Waals surface area contributed by atoms with E-state index < -0.39 is 0 Å². The third-order valence-corrected chi connectivity index (χ3v) is 4.32. The van der Waals surface area contributed by atoms with Crippen LogP contribution in [0.3, 0.4) is 0 Å². The van der Waals surface area contributed by atoms with Gasteiger partial charge in [-0.3, -0.25) is 4.79 Å². The summed E-state index contributed by atoms with van der Waals surface area (Å²) in [5.74, 6) is -0.00838.